The average Bonchev–Trinajstić information content (AvgIpc) is 2.14. The molecule has 0 atom stereocenters. The van der Waals surface area contributed by atoms with E-state index in [0.717, 1.165) is 12.5 Å². The fourth-order valence-corrected chi connectivity index (χ4v) is 1.89. The Labute approximate surface area is 79.5 Å². The van der Waals surface area contributed by atoms with Crippen LogP contribution in [0.2, 0.25) is 0 Å². The molecule has 0 spiro atoms. The Morgan fingerprint density at radius 2 is 2.00 bits per heavy atom. The summed E-state index contributed by atoms with van der Waals surface area (Å²) in [5, 5.41) is 11.6. The SMILES string of the molecule is O=C(O)CCNCC1CCCCC1. The fraction of sp³-hybridized carbons (Fsp3) is 0.900. The van der Waals surface area contributed by atoms with Crippen LogP contribution in [0.1, 0.15) is 38.5 Å². The highest BCUT2D eigenvalue weighted by atomic mass is 16.4. The molecule has 0 radical (unpaired) electrons. The van der Waals surface area contributed by atoms with E-state index in [4.69, 9.17) is 5.11 Å². The van der Waals surface area contributed by atoms with Gasteiger partial charge in [0.1, 0.15) is 0 Å². The summed E-state index contributed by atoms with van der Waals surface area (Å²) < 4.78 is 0. The first kappa shape index (κ1) is 10.5. The van der Waals surface area contributed by atoms with Crippen LogP contribution in [0.25, 0.3) is 0 Å². The Morgan fingerprint density at radius 1 is 1.31 bits per heavy atom. The van der Waals surface area contributed by atoms with E-state index in [9.17, 15) is 4.79 Å². The van der Waals surface area contributed by atoms with Crippen molar-refractivity contribution in [1.82, 2.24) is 5.32 Å². The molecule has 0 heterocycles. The molecule has 1 aliphatic carbocycles. The molecular weight excluding hydrogens is 166 g/mol. The lowest BCUT2D eigenvalue weighted by Crippen LogP contribution is -2.26. The van der Waals surface area contributed by atoms with Crippen molar-refractivity contribution in [1.29, 1.82) is 0 Å². The molecule has 0 bridgehead atoms. The summed E-state index contributed by atoms with van der Waals surface area (Å²) in [5.41, 5.74) is 0. The molecule has 0 aliphatic heterocycles. The Kier molecular flexibility index (Phi) is 4.83. The van der Waals surface area contributed by atoms with Gasteiger partial charge in [0.05, 0.1) is 6.42 Å². The second-order valence-electron chi connectivity index (χ2n) is 3.85. The topological polar surface area (TPSA) is 49.3 Å². The van der Waals surface area contributed by atoms with Gasteiger partial charge in [-0.1, -0.05) is 19.3 Å². The molecule has 1 aliphatic rings. The lowest BCUT2D eigenvalue weighted by Gasteiger charge is -2.21. The highest BCUT2D eigenvalue weighted by Gasteiger charge is 2.12. The number of hydrogen-bond donors (Lipinski definition) is 2. The summed E-state index contributed by atoms with van der Waals surface area (Å²) in [4.78, 5) is 10.2. The molecular formula is C10H19NO2. The van der Waals surface area contributed by atoms with Gasteiger partial charge >= 0.3 is 5.97 Å². The van der Waals surface area contributed by atoms with Gasteiger partial charge < -0.3 is 10.4 Å². The molecule has 3 heteroatoms. The van der Waals surface area contributed by atoms with Crippen molar-refractivity contribution >= 4 is 5.97 Å². The number of carbonyl (C=O) groups is 1. The van der Waals surface area contributed by atoms with Crippen LogP contribution in [0, 0.1) is 5.92 Å². The molecule has 0 aromatic rings. The molecule has 1 saturated carbocycles. The highest BCUT2D eigenvalue weighted by molar-refractivity contribution is 5.66. The quantitative estimate of drug-likeness (QED) is 0.640. The standard InChI is InChI=1S/C10H19NO2/c12-10(13)6-7-11-8-9-4-2-1-3-5-9/h9,11H,1-8H2,(H,12,13). The number of carboxylic acid groups (broad SMARTS) is 1. The zero-order valence-electron chi connectivity index (χ0n) is 8.09. The van der Waals surface area contributed by atoms with E-state index in [1.165, 1.54) is 32.1 Å². The minimum Gasteiger partial charge on any atom is -0.481 e. The summed E-state index contributed by atoms with van der Waals surface area (Å²) in [6, 6.07) is 0. The molecule has 0 aromatic carbocycles. The molecule has 13 heavy (non-hydrogen) atoms. The molecule has 1 rings (SSSR count). The smallest absolute Gasteiger partial charge is 0.304 e. The number of nitrogens with one attached hydrogen (secondary N) is 1. The monoisotopic (exact) mass is 185 g/mol. The lowest BCUT2D eigenvalue weighted by molar-refractivity contribution is -0.136. The van der Waals surface area contributed by atoms with Crippen LogP contribution in [-0.2, 0) is 4.79 Å². The number of aliphatic carboxylic acids is 1. The summed E-state index contributed by atoms with van der Waals surface area (Å²) >= 11 is 0. The molecule has 0 amide bonds. The van der Waals surface area contributed by atoms with Gasteiger partial charge in [0.15, 0.2) is 0 Å². The van der Waals surface area contributed by atoms with Crippen molar-refractivity contribution in [2.24, 2.45) is 5.92 Å². The first-order valence-corrected chi connectivity index (χ1v) is 5.21. The van der Waals surface area contributed by atoms with Crippen LogP contribution in [0.3, 0.4) is 0 Å². The first-order chi connectivity index (χ1) is 6.29. The number of hydrogen-bond acceptors (Lipinski definition) is 2. The van der Waals surface area contributed by atoms with Gasteiger partial charge in [0, 0.05) is 6.54 Å². The summed E-state index contributed by atoms with van der Waals surface area (Å²) in [6.45, 7) is 1.62. The molecule has 0 saturated heterocycles. The zero-order valence-corrected chi connectivity index (χ0v) is 8.09. The predicted octanol–water partition coefficient (Wildman–Crippen LogP) is 1.63. The Bertz CT molecular complexity index is 153. The van der Waals surface area contributed by atoms with Crippen LogP contribution in [0.4, 0.5) is 0 Å². The van der Waals surface area contributed by atoms with Crippen molar-refractivity contribution < 1.29 is 9.90 Å². The number of carboxylic acids is 1. The molecule has 76 valence electrons. The second kappa shape index (κ2) is 5.97. The molecule has 0 aromatic heterocycles. The minimum absolute atomic E-state index is 0.243. The molecule has 3 nitrogen and oxygen atoms in total. The van der Waals surface area contributed by atoms with E-state index in [1.54, 1.807) is 0 Å². The van der Waals surface area contributed by atoms with Crippen LogP contribution >= 0.6 is 0 Å². The maximum Gasteiger partial charge on any atom is 0.304 e. The predicted molar refractivity (Wildman–Crippen MR) is 51.7 cm³/mol. The lowest BCUT2D eigenvalue weighted by atomic mass is 9.89. The van der Waals surface area contributed by atoms with Crippen molar-refractivity contribution in [3.05, 3.63) is 0 Å². The van der Waals surface area contributed by atoms with Gasteiger partial charge in [-0.3, -0.25) is 4.79 Å². The summed E-state index contributed by atoms with van der Waals surface area (Å²) in [6.07, 6.45) is 6.97. The summed E-state index contributed by atoms with van der Waals surface area (Å²) in [7, 11) is 0. The third-order valence-electron chi connectivity index (χ3n) is 2.67. The van der Waals surface area contributed by atoms with Gasteiger partial charge in [-0.25, -0.2) is 0 Å². The van der Waals surface area contributed by atoms with Gasteiger partial charge in [0.25, 0.3) is 0 Å². The van der Waals surface area contributed by atoms with Crippen LogP contribution in [-0.4, -0.2) is 24.2 Å². The third kappa shape index (κ3) is 4.88. The highest BCUT2D eigenvalue weighted by Crippen LogP contribution is 2.22. The normalized spacial score (nSPS) is 18.8. The van der Waals surface area contributed by atoms with Crippen LogP contribution in [0.15, 0.2) is 0 Å². The third-order valence-corrected chi connectivity index (χ3v) is 2.67. The molecule has 2 N–H and O–H groups in total. The Balaban J connectivity index is 1.95. The number of rotatable bonds is 5. The maximum atomic E-state index is 10.2. The van der Waals surface area contributed by atoms with Crippen molar-refractivity contribution in [2.45, 2.75) is 38.5 Å². The van der Waals surface area contributed by atoms with Gasteiger partial charge in [-0.2, -0.15) is 0 Å². The second-order valence-corrected chi connectivity index (χ2v) is 3.85. The van der Waals surface area contributed by atoms with Crippen molar-refractivity contribution in [3.8, 4) is 0 Å². The average molecular weight is 185 g/mol. The van der Waals surface area contributed by atoms with Crippen LogP contribution in [0.5, 0.6) is 0 Å². The Hall–Kier alpha value is -0.570. The van der Waals surface area contributed by atoms with Gasteiger partial charge in [-0.15, -0.1) is 0 Å². The van der Waals surface area contributed by atoms with Gasteiger partial charge in [-0.05, 0) is 25.3 Å². The molecule has 0 unspecified atom stereocenters. The van der Waals surface area contributed by atoms with Gasteiger partial charge in [0.2, 0.25) is 0 Å². The molecule has 1 fully saturated rings. The Morgan fingerprint density at radius 3 is 2.62 bits per heavy atom. The van der Waals surface area contributed by atoms with E-state index in [-0.39, 0.29) is 6.42 Å². The first-order valence-electron chi connectivity index (χ1n) is 5.21. The van der Waals surface area contributed by atoms with E-state index in [0.29, 0.717) is 6.54 Å². The maximum absolute atomic E-state index is 10.2. The summed E-state index contributed by atoms with van der Waals surface area (Å²) in [5.74, 6) is 0.0821. The zero-order chi connectivity index (χ0) is 9.52. The van der Waals surface area contributed by atoms with E-state index >= 15 is 0 Å². The largest absolute Gasteiger partial charge is 0.481 e. The fourth-order valence-electron chi connectivity index (χ4n) is 1.89. The minimum atomic E-state index is -0.712. The van der Waals surface area contributed by atoms with E-state index in [1.807, 2.05) is 0 Å². The van der Waals surface area contributed by atoms with Crippen molar-refractivity contribution in [2.75, 3.05) is 13.1 Å². The van der Waals surface area contributed by atoms with E-state index in [2.05, 4.69) is 5.32 Å². The van der Waals surface area contributed by atoms with Crippen molar-refractivity contribution in [3.63, 3.8) is 0 Å². The van der Waals surface area contributed by atoms with Crippen LogP contribution < -0.4 is 5.32 Å². The van der Waals surface area contributed by atoms with E-state index < -0.39 is 5.97 Å².